The maximum absolute atomic E-state index is 5.41. The molecule has 1 aromatic heterocycles. The number of aromatic nitrogens is 1. The monoisotopic (exact) mass is 276 g/mol. The fourth-order valence-corrected chi connectivity index (χ4v) is 2.55. The van der Waals surface area contributed by atoms with Crippen molar-refractivity contribution in [3.8, 4) is 0 Å². The number of hydrogen-bond donors (Lipinski definition) is 0. The Balaban J connectivity index is 2.40. The van der Waals surface area contributed by atoms with Crippen LogP contribution in [0.2, 0.25) is 0 Å². The summed E-state index contributed by atoms with van der Waals surface area (Å²) >= 11 is 1.61. The number of aliphatic imine (C=N–C) groups is 1. The molecule has 0 saturated heterocycles. The van der Waals surface area contributed by atoms with Crippen LogP contribution in [0.5, 0.6) is 0 Å². The fourth-order valence-electron chi connectivity index (χ4n) is 1.89. The van der Waals surface area contributed by atoms with Gasteiger partial charge in [0.2, 0.25) is 0 Å². The third-order valence-corrected chi connectivity index (χ3v) is 3.61. The van der Waals surface area contributed by atoms with Gasteiger partial charge in [-0.25, -0.2) is 14.5 Å². The second kappa shape index (κ2) is 5.59. The summed E-state index contributed by atoms with van der Waals surface area (Å²) in [6.45, 7) is 6.43. The van der Waals surface area contributed by atoms with Crippen LogP contribution in [0.15, 0.2) is 41.1 Å². The Labute approximate surface area is 118 Å². The van der Waals surface area contributed by atoms with Crippen LogP contribution in [0.3, 0.4) is 0 Å². The molecular weight excluding hydrogens is 258 g/mol. The van der Waals surface area contributed by atoms with E-state index in [-0.39, 0.29) is 0 Å². The molecule has 2 rings (SSSR count). The van der Waals surface area contributed by atoms with Gasteiger partial charge < -0.3 is 4.74 Å². The summed E-state index contributed by atoms with van der Waals surface area (Å²) in [5.74, 6) is 0.609. The van der Waals surface area contributed by atoms with E-state index >= 15 is 0 Å². The number of hydrogen-bond acceptors (Lipinski definition) is 4. The summed E-state index contributed by atoms with van der Waals surface area (Å²) in [7, 11) is 2.07. The Bertz CT molecular complexity index is 540. The first-order chi connectivity index (χ1) is 9.10. The summed E-state index contributed by atoms with van der Waals surface area (Å²) in [5, 5.41) is 0.957. The van der Waals surface area contributed by atoms with Crippen molar-refractivity contribution in [3.05, 3.63) is 36.8 Å². The van der Waals surface area contributed by atoms with E-state index in [1.165, 1.54) is 0 Å². The molecule has 0 saturated carbocycles. The molecule has 0 amide bonds. The summed E-state index contributed by atoms with van der Waals surface area (Å²) in [5.41, 5.74) is 1.87. The Morgan fingerprint density at radius 2 is 2.26 bits per heavy atom. The molecule has 0 N–H and O–H groups in total. The molecule has 0 fully saturated rings. The fraction of sp³-hybridized carbons (Fsp3) is 0.286. The lowest BCUT2D eigenvalue weighted by molar-refractivity contribution is 0.297. The maximum atomic E-state index is 5.41. The van der Waals surface area contributed by atoms with Crippen LogP contribution >= 0.6 is 11.8 Å². The van der Waals surface area contributed by atoms with Crippen LogP contribution in [0.25, 0.3) is 5.76 Å². The number of quaternary nitrogens is 1. The van der Waals surface area contributed by atoms with Crippen LogP contribution < -0.4 is 4.48 Å². The van der Waals surface area contributed by atoms with E-state index in [9.17, 15) is 0 Å². The van der Waals surface area contributed by atoms with Gasteiger partial charge >= 0.3 is 0 Å². The Hall–Kier alpha value is -1.59. The second-order valence-corrected chi connectivity index (χ2v) is 5.09. The second-order valence-electron chi connectivity index (χ2n) is 4.29. The van der Waals surface area contributed by atoms with Gasteiger partial charge in [-0.1, -0.05) is 6.58 Å². The first kappa shape index (κ1) is 13.8. The normalized spacial score (nSPS) is 20.8. The maximum Gasteiger partial charge on any atom is 0.199 e. The third kappa shape index (κ3) is 2.72. The molecule has 19 heavy (non-hydrogen) atoms. The molecule has 5 heteroatoms. The van der Waals surface area contributed by atoms with E-state index in [2.05, 4.69) is 29.7 Å². The highest BCUT2D eigenvalue weighted by atomic mass is 32.2. The van der Waals surface area contributed by atoms with Crippen molar-refractivity contribution in [1.82, 2.24) is 9.47 Å². The van der Waals surface area contributed by atoms with Crippen LogP contribution in [-0.4, -0.2) is 31.2 Å². The average Bonchev–Trinajstić information content (AvgIpc) is 2.86. The Morgan fingerprint density at radius 3 is 2.84 bits per heavy atom. The highest BCUT2D eigenvalue weighted by Crippen LogP contribution is 2.33. The summed E-state index contributed by atoms with van der Waals surface area (Å²) in [6.07, 6.45) is 7.72. The van der Waals surface area contributed by atoms with Crippen LogP contribution in [0.1, 0.15) is 12.6 Å². The zero-order valence-corrected chi connectivity index (χ0v) is 12.3. The molecular formula is C14H18N3OS+. The first-order valence-electron chi connectivity index (χ1n) is 6.06. The summed E-state index contributed by atoms with van der Waals surface area (Å²) in [6, 6.07) is 4.00. The number of pyridine rings is 1. The molecule has 0 aliphatic carbocycles. The highest BCUT2D eigenvalue weighted by molar-refractivity contribution is 7.98. The van der Waals surface area contributed by atoms with E-state index in [1.54, 1.807) is 18.0 Å². The Morgan fingerprint density at radius 1 is 1.47 bits per heavy atom. The standard InChI is InChI=1S/C14H18N3OS/c1-5-18-11(2)12-6-7-13(14(16-12)19-4)17(3)9-8-15-10-17/h6-10H,2,5H2,1,3-4H3/q+1. The van der Waals surface area contributed by atoms with Crippen molar-refractivity contribution >= 4 is 29.5 Å². The minimum absolute atomic E-state index is 0.532. The number of ether oxygens (including phenoxy) is 1. The lowest BCUT2D eigenvalue weighted by Crippen LogP contribution is -2.36. The molecule has 100 valence electrons. The summed E-state index contributed by atoms with van der Waals surface area (Å²) in [4.78, 5) is 8.79. The van der Waals surface area contributed by atoms with Gasteiger partial charge in [0.05, 0.1) is 19.9 Å². The molecule has 0 aromatic carbocycles. The van der Waals surface area contributed by atoms with Gasteiger partial charge in [0.15, 0.2) is 17.1 Å². The smallest absolute Gasteiger partial charge is 0.199 e. The van der Waals surface area contributed by atoms with Gasteiger partial charge in [0.25, 0.3) is 0 Å². The van der Waals surface area contributed by atoms with Crippen molar-refractivity contribution in [1.29, 1.82) is 0 Å². The molecule has 1 atom stereocenters. The van der Waals surface area contributed by atoms with Crippen LogP contribution in [0.4, 0.5) is 5.69 Å². The van der Waals surface area contributed by atoms with Gasteiger partial charge in [0.1, 0.15) is 17.7 Å². The lowest BCUT2D eigenvalue weighted by Gasteiger charge is -2.23. The van der Waals surface area contributed by atoms with Crippen molar-refractivity contribution in [2.75, 3.05) is 19.9 Å². The quantitative estimate of drug-likeness (QED) is 0.470. The SMILES string of the molecule is C=C(OCC)c1ccc([N+]2(C)C=CN=C2)c(SC)n1. The average molecular weight is 276 g/mol. The van der Waals surface area contributed by atoms with Gasteiger partial charge in [-0.2, -0.15) is 0 Å². The first-order valence-corrected chi connectivity index (χ1v) is 7.29. The predicted molar refractivity (Wildman–Crippen MR) is 82.0 cm³/mol. The van der Waals surface area contributed by atoms with Gasteiger partial charge in [-0.05, 0) is 19.2 Å². The van der Waals surface area contributed by atoms with E-state index in [0.29, 0.717) is 16.8 Å². The molecule has 0 spiro atoms. The number of rotatable bonds is 5. The van der Waals surface area contributed by atoms with Crippen molar-refractivity contribution in [3.63, 3.8) is 0 Å². The molecule has 1 aliphatic heterocycles. The van der Waals surface area contributed by atoms with Crippen LogP contribution in [0, 0.1) is 0 Å². The van der Waals surface area contributed by atoms with E-state index in [4.69, 9.17) is 4.74 Å². The molecule has 0 radical (unpaired) electrons. The minimum atomic E-state index is 0.532. The zero-order valence-electron chi connectivity index (χ0n) is 11.5. The van der Waals surface area contributed by atoms with Crippen molar-refractivity contribution in [2.45, 2.75) is 11.9 Å². The lowest BCUT2D eigenvalue weighted by atomic mass is 10.2. The van der Waals surface area contributed by atoms with Gasteiger partial charge in [-0.15, -0.1) is 11.8 Å². The van der Waals surface area contributed by atoms with E-state index in [0.717, 1.165) is 16.4 Å². The van der Waals surface area contributed by atoms with E-state index < -0.39 is 0 Å². The van der Waals surface area contributed by atoms with Crippen LogP contribution in [-0.2, 0) is 4.74 Å². The minimum Gasteiger partial charge on any atom is -0.492 e. The van der Waals surface area contributed by atoms with Crippen molar-refractivity contribution < 1.29 is 4.74 Å². The summed E-state index contributed by atoms with van der Waals surface area (Å²) < 4.78 is 5.94. The van der Waals surface area contributed by atoms with Gasteiger partial charge in [0, 0.05) is 6.07 Å². The Kier molecular flexibility index (Phi) is 4.07. The molecule has 1 aromatic rings. The van der Waals surface area contributed by atoms with E-state index in [1.807, 2.05) is 31.8 Å². The molecule has 1 aliphatic rings. The van der Waals surface area contributed by atoms with Gasteiger partial charge in [-0.3, -0.25) is 0 Å². The molecule has 0 bridgehead atoms. The number of nitrogens with zero attached hydrogens (tertiary/aromatic N) is 3. The topological polar surface area (TPSA) is 34.5 Å². The number of thioether (sulfide) groups is 1. The molecule has 4 nitrogen and oxygen atoms in total. The largest absolute Gasteiger partial charge is 0.492 e. The zero-order chi connectivity index (χ0) is 13.9. The predicted octanol–water partition coefficient (Wildman–Crippen LogP) is 3.26. The molecule has 1 unspecified atom stereocenters. The van der Waals surface area contributed by atoms with Crippen molar-refractivity contribution in [2.24, 2.45) is 4.99 Å². The molecule has 2 heterocycles. The highest BCUT2D eigenvalue weighted by Gasteiger charge is 2.28. The third-order valence-electron chi connectivity index (χ3n) is 2.93.